The zero-order chi connectivity index (χ0) is 10.0. The molecule has 0 aromatic carbocycles. The molecule has 0 spiro atoms. The van der Waals surface area contributed by atoms with E-state index >= 15 is 0 Å². The van der Waals surface area contributed by atoms with Crippen molar-refractivity contribution in [2.45, 2.75) is 40.5 Å². The molecular formula is C12H20O. The van der Waals surface area contributed by atoms with E-state index in [0.29, 0.717) is 24.0 Å². The lowest BCUT2D eigenvalue weighted by Crippen LogP contribution is -2.30. The van der Waals surface area contributed by atoms with Crippen LogP contribution < -0.4 is 0 Å². The van der Waals surface area contributed by atoms with Crippen LogP contribution in [0.3, 0.4) is 0 Å². The Morgan fingerprint density at radius 1 is 1.54 bits per heavy atom. The largest absolute Gasteiger partial charge is 0.299 e. The highest BCUT2D eigenvalue weighted by Gasteiger charge is 2.31. The van der Waals surface area contributed by atoms with Crippen LogP contribution in [0.15, 0.2) is 11.6 Å². The number of rotatable bonds is 2. The minimum atomic E-state index is 0.272. The Bertz CT molecular complexity index is 227. The summed E-state index contributed by atoms with van der Waals surface area (Å²) in [5, 5.41) is 0. The molecule has 1 aliphatic carbocycles. The monoisotopic (exact) mass is 180 g/mol. The predicted molar refractivity (Wildman–Crippen MR) is 55.5 cm³/mol. The molecule has 0 saturated carbocycles. The first kappa shape index (κ1) is 10.5. The fourth-order valence-corrected chi connectivity index (χ4v) is 2.62. The maximum Gasteiger partial charge on any atom is 0.136 e. The molecule has 1 nitrogen and oxygen atoms in total. The molecule has 0 aromatic heterocycles. The van der Waals surface area contributed by atoms with Gasteiger partial charge >= 0.3 is 0 Å². The van der Waals surface area contributed by atoms with Crippen molar-refractivity contribution in [1.82, 2.24) is 0 Å². The Morgan fingerprint density at radius 2 is 2.15 bits per heavy atom. The van der Waals surface area contributed by atoms with E-state index in [0.717, 1.165) is 6.42 Å². The first-order chi connectivity index (χ1) is 6.06. The minimum Gasteiger partial charge on any atom is -0.299 e. The first-order valence-electron chi connectivity index (χ1n) is 5.26. The van der Waals surface area contributed by atoms with Gasteiger partial charge < -0.3 is 0 Å². The summed E-state index contributed by atoms with van der Waals surface area (Å²) in [5.74, 6) is 1.68. The number of carbonyl (C=O) groups is 1. The number of carbonyl (C=O) groups excluding carboxylic acids is 1. The highest BCUT2D eigenvalue weighted by molar-refractivity contribution is 5.81. The molecule has 74 valence electrons. The van der Waals surface area contributed by atoms with E-state index < -0.39 is 0 Å². The van der Waals surface area contributed by atoms with Gasteiger partial charge in [0.2, 0.25) is 0 Å². The molecule has 1 heteroatoms. The summed E-state index contributed by atoms with van der Waals surface area (Å²) in [6.07, 6.45) is 4.05. The fraction of sp³-hybridized carbons (Fsp3) is 0.750. The van der Waals surface area contributed by atoms with E-state index in [1.165, 1.54) is 5.57 Å². The van der Waals surface area contributed by atoms with Crippen LogP contribution in [-0.2, 0) is 4.79 Å². The van der Waals surface area contributed by atoms with Crippen LogP contribution >= 0.6 is 0 Å². The molecule has 0 N–H and O–H groups in total. The Kier molecular flexibility index (Phi) is 3.29. The van der Waals surface area contributed by atoms with E-state index in [-0.39, 0.29) is 5.92 Å². The summed E-state index contributed by atoms with van der Waals surface area (Å²) in [4.78, 5) is 11.7. The lowest BCUT2D eigenvalue weighted by molar-refractivity contribution is -0.125. The van der Waals surface area contributed by atoms with Crippen LogP contribution in [0.1, 0.15) is 40.5 Å². The number of ketones is 1. The molecule has 0 radical (unpaired) electrons. The first-order valence-corrected chi connectivity index (χ1v) is 5.26. The van der Waals surface area contributed by atoms with E-state index in [4.69, 9.17) is 0 Å². The number of allylic oxidation sites excluding steroid dienone is 2. The fourth-order valence-electron chi connectivity index (χ4n) is 2.62. The average Bonchev–Trinajstić information content (AvgIpc) is 2.02. The molecule has 1 aliphatic rings. The van der Waals surface area contributed by atoms with Crippen molar-refractivity contribution >= 4 is 5.78 Å². The van der Waals surface area contributed by atoms with Gasteiger partial charge in [-0.1, -0.05) is 32.4 Å². The maximum atomic E-state index is 11.7. The van der Waals surface area contributed by atoms with E-state index in [1.807, 2.05) is 6.92 Å². The summed E-state index contributed by atoms with van der Waals surface area (Å²) in [6, 6.07) is 0. The van der Waals surface area contributed by atoms with Crippen LogP contribution in [0.25, 0.3) is 0 Å². The normalized spacial score (nSPS) is 34.2. The molecule has 13 heavy (non-hydrogen) atoms. The lowest BCUT2D eigenvalue weighted by Gasteiger charge is -2.31. The van der Waals surface area contributed by atoms with Gasteiger partial charge in [-0.15, -0.1) is 0 Å². The smallest absolute Gasteiger partial charge is 0.136 e. The summed E-state index contributed by atoms with van der Waals surface area (Å²) in [6.45, 7) is 8.50. The topological polar surface area (TPSA) is 17.1 Å². The molecule has 0 aliphatic heterocycles. The van der Waals surface area contributed by atoms with Crippen LogP contribution in [0.5, 0.6) is 0 Å². The van der Waals surface area contributed by atoms with Crippen molar-refractivity contribution in [1.29, 1.82) is 0 Å². The Balaban J connectivity index is 2.80. The third kappa shape index (κ3) is 2.20. The predicted octanol–water partition coefficient (Wildman–Crippen LogP) is 3.20. The Morgan fingerprint density at radius 3 is 2.62 bits per heavy atom. The molecular weight excluding hydrogens is 160 g/mol. The van der Waals surface area contributed by atoms with E-state index in [2.05, 4.69) is 26.8 Å². The number of Topliss-reactive ketones (excluding diaryl/α,β-unsaturated/α-hetero) is 1. The molecule has 0 heterocycles. The quantitative estimate of drug-likeness (QED) is 0.596. The van der Waals surface area contributed by atoms with Gasteiger partial charge in [0, 0.05) is 12.3 Å². The third-order valence-electron chi connectivity index (χ3n) is 3.09. The van der Waals surface area contributed by atoms with Gasteiger partial charge in [0.1, 0.15) is 5.78 Å². The Hall–Kier alpha value is -0.590. The molecule has 3 unspecified atom stereocenters. The van der Waals surface area contributed by atoms with Crippen molar-refractivity contribution in [2.75, 3.05) is 0 Å². The van der Waals surface area contributed by atoms with Gasteiger partial charge in [-0.25, -0.2) is 0 Å². The van der Waals surface area contributed by atoms with Gasteiger partial charge in [0.15, 0.2) is 0 Å². The van der Waals surface area contributed by atoms with Gasteiger partial charge in [0.05, 0.1) is 0 Å². The van der Waals surface area contributed by atoms with Gasteiger partial charge in [0.25, 0.3) is 0 Å². The molecule has 0 bridgehead atoms. The second-order valence-corrected chi connectivity index (χ2v) is 4.40. The van der Waals surface area contributed by atoms with Crippen LogP contribution in [0.4, 0.5) is 0 Å². The van der Waals surface area contributed by atoms with Gasteiger partial charge in [-0.3, -0.25) is 4.79 Å². The van der Waals surface area contributed by atoms with Crippen molar-refractivity contribution in [3.63, 3.8) is 0 Å². The van der Waals surface area contributed by atoms with Crippen molar-refractivity contribution < 1.29 is 4.79 Å². The van der Waals surface area contributed by atoms with Crippen LogP contribution in [0.2, 0.25) is 0 Å². The highest BCUT2D eigenvalue weighted by Crippen LogP contribution is 2.34. The molecule has 0 aromatic rings. The third-order valence-corrected chi connectivity index (χ3v) is 3.09. The summed E-state index contributed by atoms with van der Waals surface area (Å²) >= 11 is 0. The van der Waals surface area contributed by atoms with Crippen molar-refractivity contribution in [3.8, 4) is 0 Å². The van der Waals surface area contributed by atoms with E-state index in [1.54, 1.807) is 0 Å². The zero-order valence-electron chi connectivity index (χ0n) is 9.13. The Labute approximate surface area is 81.2 Å². The summed E-state index contributed by atoms with van der Waals surface area (Å²) < 4.78 is 0. The average molecular weight is 180 g/mol. The maximum absolute atomic E-state index is 11.7. The summed E-state index contributed by atoms with van der Waals surface area (Å²) in [5.41, 5.74) is 1.44. The van der Waals surface area contributed by atoms with Crippen molar-refractivity contribution in [3.05, 3.63) is 11.6 Å². The lowest BCUT2D eigenvalue weighted by atomic mass is 9.72. The van der Waals surface area contributed by atoms with E-state index in [9.17, 15) is 4.79 Å². The molecule has 1 rings (SSSR count). The summed E-state index contributed by atoms with van der Waals surface area (Å²) in [7, 11) is 0. The molecule has 3 atom stereocenters. The molecule has 0 saturated heterocycles. The molecule has 0 fully saturated rings. The van der Waals surface area contributed by atoms with Gasteiger partial charge in [-0.2, -0.15) is 0 Å². The van der Waals surface area contributed by atoms with Crippen LogP contribution in [-0.4, -0.2) is 5.78 Å². The number of hydrogen-bond donors (Lipinski definition) is 0. The van der Waals surface area contributed by atoms with Crippen molar-refractivity contribution in [2.24, 2.45) is 17.8 Å². The second-order valence-electron chi connectivity index (χ2n) is 4.40. The second kappa shape index (κ2) is 4.08. The molecule has 0 amide bonds. The van der Waals surface area contributed by atoms with Crippen LogP contribution in [0, 0.1) is 17.8 Å². The standard InChI is InChI=1S/C12H20O/c1-5-11(13)12-9(3)6-8(2)7-10(12)4/h6,9-10,12H,5,7H2,1-4H3. The minimum absolute atomic E-state index is 0.272. The van der Waals surface area contributed by atoms with Gasteiger partial charge in [-0.05, 0) is 25.2 Å². The zero-order valence-corrected chi connectivity index (χ0v) is 9.13. The number of hydrogen-bond acceptors (Lipinski definition) is 1. The SMILES string of the molecule is CCC(=O)C1C(C)C=C(C)CC1C. The highest BCUT2D eigenvalue weighted by atomic mass is 16.1.